The molecule has 2 aliphatic heterocycles. The number of hydrogen-bond donors (Lipinski definition) is 0. The van der Waals surface area contributed by atoms with Gasteiger partial charge in [-0.15, -0.1) is 0 Å². The number of carbonyl (C=O) groups is 1. The van der Waals surface area contributed by atoms with Crippen molar-refractivity contribution in [1.82, 2.24) is 14.7 Å². The molecule has 23 heavy (non-hydrogen) atoms. The number of benzene rings is 1. The summed E-state index contributed by atoms with van der Waals surface area (Å²) < 4.78 is 0. The summed E-state index contributed by atoms with van der Waals surface area (Å²) >= 11 is 0. The number of rotatable bonds is 3. The van der Waals surface area contributed by atoms with Crippen molar-refractivity contribution in [2.75, 3.05) is 46.3 Å². The minimum atomic E-state index is 0.177. The lowest BCUT2D eigenvalue weighted by Gasteiger charge is -2.32. The fourth-order valence-corrected chi connectivity index (χ4v) is 3.42. The van der Waals surface area contributed by atoms with Crippen LogP contribution in [0.2, 0.25) is 0 Å². The first kappa shape index (κ1) is 16.5. The van der Waals surface area contributed by atoms with Crippen molar-refractivity contribution in [2.45, 2.75) is 26.3 Å². The average molecular weight is 315 g/mol. The monoisotopic (exact) mass is 315 g/mol. The SMILES string of the molecule is CC1CCN(Cc2ccc(C(=O)N3CCN(C)CC3)cc2)CC1. The standard InChI is InChI=1S/C19H29N3O/c1-16-7-9-21(10-8-16)15-17-3-5-18(6-4-17)19(23)22-13-11-20(2)12-14-22/h3-6,16H,7-15H2,1-2H3. The van der Waals surface area contributed by atoms with Gasteiger partial charge in [0, 0.05) is 38.3 Å². The molecule has 0 atom stereocenters. The summed E-state index contributed by atoms with van der Waals surface area (Å²) in [6, 6.07) is 8.26. The minimum Gasteiger partial charge on any atom is -0.336 e. The highest BCUT2D eigenvalue weighted by Gasteiger charge is 2.20. The number of likely N-dealkylation sites (N-methyl/N-ethyl adjacent to an activating group) is 1. The van der Waals surface area contributed by atoms with Crippen molar-refractivity contribution in [1.29, 1.82) is 0 Å². The lowest BCUT2D eigenvalue weighted by Crippen LogP contribution is -2.47. The van der Waals surface area contributed by atoms with Gasteiger partial charge in [-0.3, -0.25) is 9.69 Å². The Labute approximate surface area is 140 Å². The summed E-state index contributed by atoms with van der Waals surface area (Å²) in [6.45, 7) is 9.36. The van der Waals surface area contributed by atoms with Gasteiger partial charge in [-0.2, -0.15) is 0 Å². The first-order valence-electron chi connectivity index (χ1n) is 8.91. The van der Waals surface area contributed by atoms with Gasteiger partial charge in [-0.1, -0.05) is 19.1 Å². The normalized spacial score (nSPS) is 21.6. The molecule has 4 nitrogen and oxygen atoms in total. The Balaban J connectivity index is 1.55. The highest BCUT2D eigenvalue weighted by atomic mass is 16.2. The number of piperidine rings is 1. The number of nitrogens with zero attached hydrogens (tertiary/aromatic N) is 3. The van der Waals surface area contributed by atoms with Crippen LogP contribution in [0.15, 0.2) is 24.3 Å². The molecule has 0 aromatic heterocycles. The van der Waals surface area contributed by atoms with Crippen LogP contribution >= 0.6 is 0 Å². The third-order valence-corrected chi connectivity index (χ3v) is 5.27. The van der Waals surface area contributed by atoms with Crippen LogP contribution < -0.4 is 0 Å². The van der Waals surface area contributed by atoms with Crippen LogP contribution in [0.3, 0.4) is 0 Å². The van der Waals surface area contributed by atoms with Gasteiger partial charge in [-0.05, 0) is 56.6 Å². The molecule has 1 aromatic carbocycles. The molecule has 126 valence electrons. The van der Waals surface area contributed by atoms with E-state index in [-0.39, 0.29) is 5.91 Å². The quantitative estimate of drug-likeness (QED) is 0.856. The molecule has 0 bridgehead atoms. The average Bonchev–Trinajstić information content (AvgIpc) is 2.58. The Hall–Kier alpha value is -1.39. The highest BCUT2D eigenvalue weighted by Crippen LogP contribution is 2.18. The molecule has 0 radical (unpaired) electrons. The van der Waals surface area contributed by atoms with Crippen molar-refractivity contribution in [2.24, 2.45) is 5.92 Å². The summed E-state index contributed by atoms with van der Waals surface area (Å²) in [7, 11) is 2.11. The molecule has 0 unspecified atom stereocenters. The second-order valence-corrected chi connectivity index (χ2v) is 7.25. The van der Waals surface area contributed by atoms with Crippen molar-refractivity contribution >= 4 is 5.91 Å². The van der Waals surface area contributed by atoms with Gasteiger partial charge >= 0.3 is 0 Å². The second kappa shape index (κ2) is 7.45. The lowest BCUT2D eigenvalue weighted by atomic mass is 9.99. The summed E-state index contributed by atoms with van der Waals surface area (Å²) in [5.74, 6) is 1.05. The van der Waals surface area contributed by atoms with E-state index >= 15 is 0 Å². The zero-order valence-corrected chi connectivity index (χ0v) is 14.5. The van der Waals surface area contributed by atoms with Gasteiger partial charge in [0.1, 0.15) is 0 Å². The molecule has 1 aromatic rings. The van der Waals surface area contributed by atoms with E-state index in [0.717, 1.165) is 44.2 Å². The summed E-state index contributed by atoms with van der Waals surface area (Å²) in [5, 5.41) is 0. The molecular weight excluding hydrogens is 286 g/mol. The van der Waals surface area contributed by atoms with E-state index in [4.69, 9.17) is 0 Å². The maximum Gasteiger partial charge on any atom is 0.253 e. The predicted octanol–water partition coefficient (Wildman–Crippen LogP) is 2.31. The largest absolute Gasteiger partial charge is 0.336 e. The van der Waals surface area contributed by atoms with Gasteiger partial charge in [0.2, 0.25) is 0 Å². The maximum absolute atomic E-state index is 12.5. The van der Waals surface area contributed by atoms with Crippen molar-refractivity contribution in [3.8, 4) is 0 Å². The molecule has 4 heteroatoms. The Morgan fingerprint density at radius 2 is 1.61 bits per heavy atom. The molecular formula is C19H29N3O. The fraction of sp³-hybridized carbons (Fsp3) is 0.632. The topological polar surface area (TPSA) is 26.8 Å². The van der Waals surface area contributed by atoms with Gasteiger partial charge in [0.25, 0.3) is 5.91 Å². The minimum absolute atomic E-state index is 0.177. The number of amides is 1. The van der Waals surface area contributed by atoms with Crippen LogP contribution in [0, 0.1) is 5.92 Å². The van der Waals surface area contributed by atoms with E-state index in [0.29, 0.717) is 0 Å². The molecule has 2 aliphatic rings. The highest BCUT2D eigenvalue weighted by molar-refractivity contribution is 5.94. The number of carbonyl (C=O) groups excluding carboxylic acids is 1. The molecule has 0 aliphatic carbocycles. The fourth-order valence-electron chi connectivity index (χ4n) is 3.42. The van der Waals surface area contributed by atoms with Crippen LogP contribution in [0.25, 0.3) is 0 Å². The zero-order chi connectivity index (χ0) is 16.2. The Kier molecular flexibility index (Phi) is 5.34. The van der Waals surface area contributed by atoms with E-state index in [1.807, 2.05) is 17.0 Å². The van der Waals surface area contributed by atoms with Crippen molar-refractivity contribution in [3.05, 3.63) is 35.4 Å². The Morgan fingerprint density at radius 1 is 1.00 bits per heavy atom. The molecule has 0 spiro atoms. The summed E-state index contributed by atoms with van der Waals surface area (Å²) in [4.78, 5) is 19.3. The van der Waals surface area contributed by atoms with E-state index < -0.39 is 0 Å². The van der Waals surface area contributed by atoms with E-state index in [2.05, 4.69) is 35.9 Å². The van der Waals surface area contributed by atoms with Crippen molar-refractivity contribution in [3.63, 3.8) is 0 Å². The third-order valence-electron chi connectivity index (χ3n) is 5.27. The Bertz CT molecular complexity index is 512. The molecule has 2 fully saturated rings. The zero-order valence-electron chi connectivity index (χ0n) is 14.5. The first-order valence-corrected chi connectivity index (χ1v) is 8.91. The molecule has 2 saturated heterocycles. The molecule has 0 N–H and O–H groups in total. The summed E-state index contributed by atoms with van der Waals surface area (Å²) in [6.07, 6.45) is 2.61. The van der Waals surface area contributed by atoms with E-state index in [1.54, 1.807) is 0 Å². The van der Waals surface area contributed by atoms with Gasteiger partial charge in [0.05, 0.1) is 0 Å². The lowest BCUT2D eigenvalue weighted by molar-refractivity contribution is 0.0664. The van der Waals surface area contributed by atoms with Crippen molar-refractivity contribution < 1.29 is 4.79 Å². The molecule has 3 rings (SSSR count). The third kappa shape index (κ3) is 4.33. The smallest absolute Gasteiger partial charge is 0.253 e. The van der Waals surface area contributed by atoms with Gasteiger partial charge in [-0.25, -0.2) is 0 Å². The summed E-state index contributed by atoms with van der Waals surface area (Å²) in [5.41, 5.74) is 2.14. The van der Waals surface area contributed by atoms with Gasteiger partial charge < -0.3 is 9.80 Å². The van der Waals surface area contributed by atoms with Crippen LogP contribution in [0.1, 0.15) is 35.7 Å². The second-order valence-electron chi connectivity index (χ2n) is 7.25. The maximum atomic E-state index is 12.5. The molecule has 1 amide bonds. The first-order chi connectivity index (χ1) is 11.1. The number of likely N-dealkylation sites (tertiary alicyclic amines) is 1. The number of hydrogen-bond acceptors (Lipinski definition) is 3. The van der Waals surface area contributed by atoms with Crippen LogP contribution in [0.4, 0.5) is 0 Å². The van der Waals surface area contributed by atoms with Crippen LogP contribution in [0.5, 0.6) is 0 Å². The van der Waals surface area contributed by atoms with E-state index in [1.165, 1.54) is 31.5 Å². The van der Waals surface area contributed by atoms with Gasteiger partial charge in [0.15, 0.2) is 0 Å². The van der Waals surface area contributed by atoms with Crippen LogP contribution in [-0.4, -0.2) is 66.9 Å². The van der Waals surface area contributed by atoms with E-state index in [9.17, 15) is 4.79 Å². The molecule has 2 heterocycles. The molecule has 0 saturated carbocycles. The Morgan fingerprint density at radius 3 is 2.22 bits per heavy atom. The number of piperazine rings is 1. The predicted molar refractivity (Wildman–Crippen MR) is 93.5 cm³/mol. The van der Waals surface area contributed by atoms with Crippen LogP contribution in [-0.2, 0) is 6.54 Å².